The van der Waals surface area contributed by atoms with Gasteiger partial charge in [0.2, 0.25) is 11.8 Å². The first kappa shape index (κ1) is 33.7. The van der Waals surface area contributed by atoms with Gasteiger partial charge < -0.3 is 10.2 Å². The number of halogens is 2. The van der Waals surface area contributed by atoms with Crippen LogP contribution in [0.25, 0.3) is 0 Å². The van der Waals surface area contributed by atoms with Crippen molar-refractivity contribution >= 4 is 55.1 Å². The smallest absolute Gasteiger partial charge is 0.264 e. The van der Waals surface area contributed by atoms with Crippen LogP contribution in [0.4, 0.5) is 5.69 Å². The third kappa shape index (κ3) is 8.78. The molecule has 1 saturated carbocycles. The third-order valence-electron chi connectivity index (χ3n) is 8.21. The molecule has 0 radical (unpaired) electrons. The van der Waals surface area contributed by atoms with E-state index in [1.807, 2.05) is 54.6 Å². The van der Waals surface area contributed by atoms with Crippen molar-refractivity contribution in [3.63, 3.8) is 0 Å². The van der Waals surface area contributed by atoms with Crippen molar-refractivity contribution in [2.24, 2.45) is 0 Å². The van der Waals surface area contributed by atoms with Gasteiger partial charge in [0.15, 0.2) is 0 Å². The van der Waals surface area contributed by atoms with Crippen LogP contribution in [-0.4, -0.2) is 43.8 Å². The summed E-state index contributed by atoms with van der Waals surface area (Å²) in [5.41, 5.74) is 2.04. The molecule has 2 amide bonds. The summed E-state index contributed by atoms with van der Waals surface area (Å²) in [6.07, 6.45) is 5.30. The molecule has 1 fully saturated rings. The number of nitrogens with one attached hydrogen (secondary N) is 1. The van der Waals surface area contributed by atoms with Crippen LogP contribution in [0.3, 0.4) is 0 Å². The van der Waals surface area contributed by atoms with Gasteiger partial charge in [-0.1, -0.05) is 107 Å². The zero-order valence-corrected chi connectivity index (χ0v) is 28.6. The molecular weight excluding hydrogens is 686 g/mol. The Morgan fingerprint density at radius 1 is 0.804 bits per heavy atom. The molecule has 240 valence electrons. The normalized spacial score (nSPS) is 14.3. The van der Waals surface area contributed by atoms with Crippen LogP contribution in [-0.2, 0) is 32.6 Å². The van der Waals surface area contributed by atoms with Gasteiger partial charge in [0.1, 0.15) is 12.6 Å². The molecule has 0 aromatic heterocycles. The number of sulfonamides is 1. The number of nitrogens with zero attached hydrogens (tertiary/aromatic N) is 2. The molecular formula is C36H37BrClN3O4S. The Hall–Kier alpha value is -3.66. The Morgan fingerprint density at radius 3 is 2.04 bits per heavy atom. The van der Waals surface area contributed by atoms with Crippen LogP contribution in [0.1, 0.15) is 43.2 Å². The monoisotopic (exact) mass is 721 g/mol. The van der Waals surface area contributed by atoms with Gasteiger partial charge in [-0.3, -0.25) is 13.9 Å². The van der Waals surface area contributed by atoms with Crippen LogP contribution >= 0.6 is 27.5 Å². The Labute approximate surface area is 284 Å². The second-order valence-electron chi connectivity index (χ2n) is 11.5. The molecule has 0 heterocycles. The molecule has 1 aliphatic rings. The van der Waals surface area contributed by atoms with Crippen molar-refractivity contribution in [1.29, 1.82) is 0 Å². The third-order valence-corrected chi connectivity index (χ3v) is 10.8. The van der Waals surface area contributed by atoms with Gasteiger partial charge in [0.05, 0.1) is 10.6 Å². The van der Waals surface area contributed by atoms with Crippen molar-refractivity contribution in [3.05, 3.63) is 130 Å². The topological polar surface area (TPSA) is 86.8 Å². The lowest BCUT2D eigenvalue weighted by molar-refractivity contribution is -0.140. The molecule has 1 N–H and O–H groups in total. The van der Waals surface area contributed by atoms with Crippen molar-refractivity contribution < 1.29 is 18.0 Å². The lowest BCUT2D eigenvalue weighted by Crippen LogP contribution is -2.55. The first-order valence-corrected chi connectivity index (χ1v) is 18.0. The number of carbonyl (C=O) groups excluding carboxylic acids is 2. The lowest BCUT2D eigenvalue weighted by atomic mass is 9.94. The van der Waals surface area contributed by atoms with Gasteiger partial charge in [0.25, 0.3) is 10.0 Å². The van der Waals surface area contributed by atoms with Gasteiger partial charge in [-0.25, -0.2) is 8.42 Å². The van der Waals surface area contributed by atoms with E-state index in [9.17, 15) is 18.0 Å². The quantitative estimate of drug-likeness (QED) is 0.165. The molecule has 0 bridgehead atoms. The van der Waals surface area contributed by atoms with Crippen molar-refractivity contribution in [2.75, 3.05) is 10.8 Å². The summed E-state index contributed by atoms with van der Waals surface area (Å²) in [7, 11) is -4.19. The number of hydrogen-bond acceptors (Lipinski definition) is 4. The SMILES string of the molecule is O=C(NC1CCCCC1)[C@H](Cc1ccccc1)N(Cc1ccc(Br)cc1)C(=O)CN(c1ccccc1)S(=O)(=O)c1ccc(Cl)cc1. The fraction of sp³-hybridized carbons (Fsp3) is 0.278. The van der Waals surface area contributed by atoms with E-state index in [1.54, 1.807) is 30.3 Å². The predicted molar refractivity (Wildman–Crippen MR) is 186 cm³/mol. The second-order valence-corrected chi connectivity index (χ2v) is 14.7. The summed E-state index contributed by atoms with van der Waals surface area (Å²) in [5, 5.41) is 3.63. The molecule has 10 heteroatoms. The van der Waals surface area contributed by atoms with Crippen LogP contribution in [0.2, 0.25) is 5.02 Å². The largest absolute Gasteiger partial charge is 0.352 e. The number of anilines is 1. The minimum atomic E-state index is -4.19. The Bertz CT molecular complexity index is 1700. The van der Waals surface area contributed by atoms with E-state index < -0.39 is 28.5 Å². The average Bonchev–Trinajstić information content (AvgIpc) is 3.07. The van der Waals surface area contributed by atoms with E-state index in [4.69, 9.17) is 11.6 Å². The molecule has 46 heavy (non-hydrogen) atoms. The molecule has 4 aromatic carbocycles. The van der Waals surface area contributed by atoms with Gasteiger partial charge in [-0.05, 0) is 72.5 Å². The maximum atomic E-state index is 14.6. The van der Waals surface area contributed by atoms with E-state index in [0.29, 0.717) is 10.7 Å². The Kier molecular flexibility index (Phi) is 11.5. The van der Waals surface area contributed by atoms with E-state index in [2.05, 4.69) is 21.2 Å². The molecule has 0 spiro atoms. The van der Waals surface area contributed by atoms with Crippen molar-refractivity contribution in [1.82, 2.24) is 10.2 Å². The zero-order chi connectivity index (χ0) is 32.5. The summed E-state index contributed by atoms with van der Waals surface area (Å²) in [4.78, 5) is 30.3. The standard InChI is InChI=1S/C36H37BrClN3O4S/c37-29-18-16-28(17-19-29)25-40(34(24-27-10-4-1-5-11-27)36(43)39-31-12-6-2-7-13-31)35(42)26-41(32-14-8-3-9-15-32)46(44,45)33-22-20-30(38)21-23-33/h1,3-5,8-11,14-23,31,34H,2,6-7,12-13,24-26H2,(H,39,43)/t34-/m0/s1. The Morgan fingerprint density at radius 2 is 1.41 bits per heavy atom. The van der Waals surface area contributed by atoms with E-state index >= 15 is 0 Å². The molecule has 5 rings (SSSR count). The molecule has 1 aliphatic carbocycles. The van der Waals surface area contributed by atoms with Gasteiger partial charge in [-0.15, -0.1) is 0 Å². The van der Waals surface area contributed by atoms with Crippen molar-refractivity contribution in [2.45, 2.75) is 62.0 Å². The number of rotatable bonds is 12. The van der Waals surface area contributed by atoms with Gasteiger partial charge in [-0.2, -0.15) is 0 Å². The molecule has 0 unspecified atom stereocenters. The number of hydrogen-bond donors (Lipinski definition) is 1. The summed E-state index contributed by atoms with van der Waals surface area (Å²) < 4.78 is 30.2. The summed E-state index contributed by atoms with van der Waals surface area (Å²) >= 11 is 9.53. The highest BCUT2D eigenvalue weighted by Gasteiger charge is 2.35. The van der Waals surface area contributed by atoms with Gasteiger partial charge >= 0.3 is 0 Å². The highest BCUT2D eigenvalue weighted by molar-refractivity contribution is 9.10. The van der Waals surface area contributed by atoms with E-state index in [0.717, 1.165) is 52.0 Å². The number of carbonyl (C=O) groups is 2. The fourth-order valence-corrected chi connectivity index (χ4v) is 7.55. The summed E-state index contributed by atoms with van der Waals surface area (Å²) in [6, 6.07) is 30.7. The van der Waals surface area contributed by atoms with Crippen LogP contribution in [0.5, 0.6) is 0 Å². The highest BCUT2D eigenvalue weighted by Crippen LogP contribution is 2.26. The maximum Gasteiger partial charge on any atom is 0.264 e. The molecule has 0 aliphatic heterocycles. The number of benzene rings is 4. The molecule has 7 nitrogen and oxygen atoms in total. The van der Waals surface area contributed by atoms with Crippen molar-refractivity contribution in [3.8, 4) is 0 Å². The number of para-hydroxylation sites is 1. The number of amides is 2. The van der Waals surface area contributed by atoms with E-state index in [1.165, 1.54) is 29.2 Å². The minimum absolute atomic E-state index is 0.00360. The summed E-state index contributed by atoms with van der Waals surface area (Å²) in [5.74, 6) is -0.739. The molecule has 4 aromatic rings. The highest BCUT2D eigenvalue weighted by atomic mass is 79.9. The first-order chi connectivity index (χ1) is 22.2. The average molecular weight is 723 g/mol. The predicted octanol–water partition coefficient (Wildman–Crippen LogP) is 7.39. The van der Waals surface area contributed by atoms with Crippen LogP contribution < -0.4 is 9.62 Å². The van der Waals surface area contributed by atoms with Crippen LogP contribution in [0.15, 0.2) is 119 Å². The lowest BCUT2D eigenvalue weighted by Gasteiger charge is -2.35. The maximum absolute atomic E-state index is 14.6. The van der Waals surface area contributed by atoms with E-state index in [-0.39, 0.29) is 29.8 Å². The molecule has 1 atom stereocenters. The minimum Gasteiger partial charge on any atom is -0.352 e. The Balaban J connectivity index is 1.54. The second kappa shape index (κ2) is 15.8. The fourth-order valence-electron chi connectivity index (χ4n) is 5.74. The van der Waals surface area contributed by atoms with Gasteiger partial charge in [0, 0.05) is 28.5 Å². The first-order valence-electron chi connectivity index (χ1n) is 15.4. The zero-order valence-electron chi connectivity index (χ0n) is 25.4. The summed E-state index contributed by atoms with van der Waals surface area (Å²) in [6.45, 7) is -0.390. The molecule has 0 saturated heterocycles. The van der Waals surface area contributed by atoms with Crippen LogP contribution in [0, 0.1) is 0 Å².